The molecular formula is C11H13NO4. The molecule has 1 aromatic heterocycles. The average Bonchev–Trinajstić information content (AvgIpc) is 2.78. The van der Waals surface area contributed by atoms with Gasteiger partial charge in [-0.15, -0.1) is 0 Å². The highest BCUT2D eigenvalue weighted by atomic mass is 16.5. The normalized spacial score (nSPS) is 20.6. The second-order valence-corrected chi connectivity index (χ2v) is 3.89. The van der Waals surface area contributed by atoms with Crippen LogP contribution in [0, 0.1) is 5.92 Å². The molecule has 0 saturated carbocycles. The Morgan fingerprint density at radius 3 is 2.88 bits per heavy atom. The first kappa shape index (κ1) is 10.9. The second kappa shape index (κ2) is 4.49. The van der Waals surface area contributed by atoms with Crippen LogP contribution >= 0.6 is 0 Å². The number of aromatic amines is 1. The molecule has 1 aromatic rings. The van der Waals surface area contributed by atoms with Gasteiger partial charge in [0.25, 0.3) is 0 Å². The zero-order valence-corrected chi connectivity index (χ0v) is 8.73. The van der Waals surface area contributed by atoms with Crippen molar-refractivity contribution in [3.05, 3.63) is 23.5 Å². The summed E-state index contributed by atoms with van der Waals surface area (Å²) in [5.74, 6) is -1.23. The van der Waals surface area contributed by atoms with Gasteiger partial charge in [0.05, 0.1) is 6.61 Å². The third kappa shape index (κ3) is 2.14. The lowest BCUT2D eigenvalue weighted by atomic mass is 9.94. The van der Waals surface area contributed by atoms with Gasteiger partial charge in [0, 0.05) is 24.3 Å². The molecule has 1 aliphatic heterocycles. The Labute approximate surface area is 92.4 Å². The quantitative estimate of drug-likeness (QED) is 0.757. The lowest BCUT2D eigenvalue weighted by molar-refractivity contribution is 0.0461. The van der Waals surface area contributed by atoms with Crippen LogP contribution in [0.15, 0.2) is 12.3 Å². The first-order valence-electron chi connectivity index (χ1n) is 5.22. The molecule has 2 N–H and O–H groups in total. The van der Waals surface area contributed by atoms with Crippen LogP contribution in [-0.4, -0.2) is 35.1 Å². The molecule has 5 nitrogen and oxygen atoms in total. The van der Waals surface area contributed by atoms with Crippen molar-refractivity contribution >= 4 is 11.8 Å². The van der Waals surface area contributed by atoms with Crippen molar-refractivity contribution in [3.8, 4) is 0 Å². The molecule has 1 saturated heterocycles. The molecule has 1 fully saturated rings. The molecule has 2 heterocycles. The Hall–Kier alpha value is -1.62. The zero-order chi connectivity index (χ0) is 11.5. The Bertz CT molecular complexity index is 404. The number of nitrogens with one attached hydrogen (secondary N) is 1. The fraction of sp³-hybridized carbons (Fsp3) is 0.455. The van der Waals surface area contributed by atoms with Crippen LogP contribution in [0.2, 0.25) is 0 Å². The predicted molar refractivity (Wildman–Crippen MR) is 55.6 cm³/mol. The molecule has 0 aliphatic carbocycles. The molecule has 86 valence electrons. The van der Waals surface area contributed by atoms with E-state index in [4.69, 9.17) is 9.84 Å². The molecule has 0 bridgehead atoms. The lowest BCUT2D eigenvalue weighted by Crippen LogP contribution is -2.25. The smallest absolute Gasteiger partial charge is 0.352 e. The zero-order valence-electron chi connectivity index (χ0n) is 8.73. The Balaban J connectivity index is 2.10. The van der Waals surface area contributed by atoms with E-state index in [0.29, 0.717) is 18.8 Å². The highest BCUT2D eigenvalue weighted by molar-refractivity contribution is 6.00. The van der Waals surface area contributed by atoms with E-state index in [1.54, 1.807) is 0 Å². The maximum Gasteiger partial charge on any atom is 0.352 e. The third-order valence-corrected chi connectivity index (χ3v) is 2.73. The minimum absolute atomic E-state index is 0.0385. The van der Waals surface area contributed by atoms with E-state index in [1.165, 1.54) is 12.3 Å². The van der Waals surface area contributed by atoms with Crippen LogP contribution in [0.5, 0.6) is 0 Å². The van der Waals surface area contributed by atoms with Gasteiger partial charge in [-0.1, -0.05) is 0 Å². The molecule has 0 spiro atoms. The van der Waals surface area contributed by atoms with E-state index in [9.17, 15) is 9.59 Å². The van der Waals surface area contributed by atoms with Crippen LogP contribution in [0.25, 0.3) is 0 Å². The monoisotopic (exact) mass is 223 g/mol. The van der Waals surface area contributed by atoms with Crippen LogP contribution in [0.1, 0.15) is 33.7 Å². The molecule has 1 aliphatic rings. The van der Waals surface area contributed by atoms with Gasteiger partial charge in [0.15, 0.2) is 5.78 Å². The van der Waals surface area contributed by atoms with Gasteiger partial charge >= 0.3 is 5.97 Å². The molecule has 5 heteroatoms. The minimum atomic E-state index is -1.06. The molecule has 1 atom stereocenters. The van der Waals surface area contributed by atoms with Gasteiger partial charge < -0.3 is 14.8 Å². The largest absolute Gasteiger partial charge is 0.477 e. The summed E-state index contributed by atoms with van der Waals surface area (Å²) in [7, 11) is 0. The Morgan fingerprint density at radius 1 is 1.50 bits per heavy atom. The Kier molecular flexibility index (Phi) is 3.05. The maximum absolute atomic E-state index is 11.9. The fourth-order valence-electron chi connectivity index (χ4n) is 1.84. The standard InChI is InChI=1S/C11H13NO4/c13-10(7-2-1-3-16-6-7)8-4-9(11(14)15)12-5-8/h4-5,7,12H,1-3,6H2,(H,14,15). The van der Waals surface area contributed by atoms with E-state index >= 15 is 0 Å². The maximum atomic E-state index is 11.9. The summed E-state index contributed by atoms with van der Waals surface area (Å²) in [5, 5.41) is 8.72. The number of carbonyl (C=O) groups is 2. The number of carbonyl (C=O) groups excluding carboxylic acids is 1. The molecule has 1 unspecified atom stereocenters. The van der Waals surface area contributed by atoms with E-state index in [1.807, 2.05) is 0 Å². The fourth-order valence-corrected chi connectivity index (χ4v) is 1.84. The van der Waals surface area contributed by atoms with Gasteiger partial charge in [-0.3, -0.25) is 4.79 Å². The molecule has 0 amide bonds. The lowest BCUT2D eigenvalue weighted by Gasteiger charge is -2.20. The SMILES string of the molecule is O=C(O)c1cc(C(=O)C2CCCOC2)c[nH]1. The van der Waals surface area contributed by atoms with Crippen LogP contribution in [-0.2, 0) is 4.74 Å². The molecule has 0 aromatic carbocycles. The topological polar surface area (TPSA) is 79.4 Å². The molecule has 16 heavy (non-hydrogen) atoms. The number of aromatic nitrogens is 1. The number of rotatable bonds is 3. The number of hydrogen-bond acceptors (Lipinski definition) is 3. The molecule has 0 radical (unpaired) electrons. The number of ketones is 1. The number of carboxylic acid groups (broad SMARTS) is 1. The Morgan fingerprint density at radius 2 is 2.31 bits per heavy atom. The van der Waals surface area contributed by atoms with Crippen molar-refractivity contribution in [1.29, 1.82) is 0 Å². The number of carboxylic acids is 1. The van der Waals surface area contributed by atoms with Crippen molar-refractivity contribution in [2.75, 3.05) is 13.2 Å². The van der Waals surface area contributed by atoms with Gasteiger partial charge in [-0.05, 0) is 18.9 Å². The van der Waals surface area contributed by atoms with Gasteiger partial charge in [-0.2, -0.15) is 0 Å². The summed E-state index contributed by atoms with van der Waals surface area (Å²) in [6.07, 6.45) is 3.14. The van der Waals surface area contributed by atoms with E-state index in [-0.39, 0.29) is 17.4 Å². The summed E-state index contributed by atoms with van der Waals surface area (Å²) in [5.41, 5.74) is 0.466. The number of Topliss-reactive ketones (excluding diaryl/α,β-unsaturated/α-hetero) is 1. The second-order valence-electron chi connectivity index (χ2n) is 3.89. The van der Waals surface area contributed by atoms with Gasteiger partial charge in [-0.25, -0.2) is 4.79 Å². The summed E-state index contributed by atoms with van der Waals surface area (Å²) >= 11 is 0. The number of hydrogen-bond donors (Lipinski definition) is 2. The highest BCUT2D eigenvalue weighted by Gasteiger charge is 2.24. The number of aromatic carboxylic acids is 1. The van der Waals surface area contributed by atoms with Crippen LogP contribution in [0.3, 0.4) is 0 Å². The van der Waals surface area contributed by atoms with Crippen molar-refractivity contribution in [3.63, 3.8) is 0 Å². The van der Waals surface area contributed by atoms with Gasteiger partial charge in [0.1, 0.15) is 5.69 Å². The van der Waals surface area contributed by atoms with E-state index < -0.39 is 5.97 Å². The summed E-state index contributed by atoms with van der Waals surface area (Å²) in [6.45, 7) is 1.14. The summed E-state index contributed by atoms with van der Waals surface area (Å²) in [6, 6.07) is 1.37. The van der Waals surface area contributed by atoms with E-state index in [2.05, 4.69) is 4.98 Å². The molecular weight excluding hydrogens is 210 g/mol. The third-order valence-electron chi connectivity index (χ3n) is 2.73. The van der Waals surface area contributed by atoms with E-state index in [0.717, 1.165) is 12.8 Å². The van der Waals surface area contributed by atoms with Crippen molar-refractivity contribution in [1.82, 2.24) is 4.98 Å². The number of ether oxygens (including phenoxy) is 1. The predicted octanol–water partition coefficient (Wildman–Crippen LogP) is 1.32. The molecule has 2 rings (SSSR count). The van der Waals surface area contributed by atoms with Crippen LogP contribution in [0.4, 0.5) is 0 Å². The first-order chi connectivity index (χ1) is 7.68. The van der Waals surface area contributed by atoms with Crippen molar-refractivity contribution in [2.24, 2.45) is 5.92 Å². The van der Waals surface area contributed by atoms with Crippen molar-refractivity contribution in [2.45, 2.75) is 12.8 Å². The first-order valence-corrected chi connectivity index (χ1v) is 5.22. The number of H-pyrrole nitrogens is 1. The highest BCUT2D eigenvalue weighted by Crippen LogP contribution is 2.19. The van der Waals surface area contributed by atoms with Crippen molar-refractivity contribution < 1.29 is 19.4 Å². The van der Waals surface area contributed by atoms with Crippen LogP contribution < -0.4 is 0 Å². The summed E-state index contributed by atoms with van der Waals surface area (Å²) in [4.78, 5) is 25.2. The minimum Gasteiger partial charge on any atom is -0.477 e. The average molecular weight is 223 g/mol. The summed E-state index contributed by atoms with van der Waals surface area (Å²) < 4.78 is 5.23. The van der Waals surface area contributed by atoms with Gasteiger partial charge in [0.2, 0.25) is 0 Å².